The lowest BCUT2D eigenvalue weighted by atomic mass is 10.0. The van der Waals surface area contributed by atoms with Crippen molar-refractivity contribution in [2.24, 2.45) is 0 Å². The molecule has 0 bridgehead atoms. The van der Waals surface area contributed by atoms with Crippen molar-refractivity contribution >= 4 is 22.9 Å². The van der Waals surface area contributed by atoms with Crippen molar-refractivity contribution in [2.75, 3.05) is 19.0 Å². The molecule has 0 fully saturated rings. The first kappa shape index (κ1) is 35.8. The molecule has 3 rings (SSSR count). The summed E-state index contributed by atoms with van der Waals surface area (Å²) in [6.07, 6.45) is 21.0. The predicted octanol–water partition coefficient (Wildman–Crippen LogP) is 6.14. The predicted molar refractivity (Wildman–Crippen MR) is 171 cm³/mol. The molecular formula is C35H51BrN2O3S. The average molecular weight is 660 g/mol. The number of carbonyl (C=O) groups is 1. The van der Waals surface area contributed by atoms with Gasteiger partial charge in [0.05, 0.1) is 25.5 Å². The van der Waals surface area contributed by atoms with Crippen LogP contribution >= 0.6 is 11.3 Å². The molecule has 0 aliphatic carbocycles. The van der Waals surface area contributed by atoms with Crippen LogP contribution in [-0.4, -0.2) is 19.6 Å². The molecule has 0 spiro atoms. The maximum Gasteiger partial charge on any atom is 0.228 e. The highest BCUT2D eigenvalue weighted by atomic mass is 79.9. The number of anilines is 1. The summed E-state index contributed by atoms with van der Waals surface area (Å²) in [7, 11) is 1.65. The van der Waals surface area contributed by atoms with Crippen LogP contribution in [0.3, 0.4) is 0 Å². The van der Waals surface area contributed by atoms with Crippen molar-refractivity contribution in [1.82, 2.24) is 0 Å². The van der Waals surface area contributed by atoms with Gasteiger partial charge in [0.1, 0.15) is 0 Å². The monoisotopic (exact) mass is 658 g/mol. The summed E-state index contributed by atoms with van der Waals surface area (Å²) in [5, 5.41) is 5.08. The lowest BCUT2D eigenvalue weighted by Crippen LogP contribution is -3.00. The van der Waals surface area contributed by atoms with Gasteiger partial charge in [-0.05, 0) is 24.6 Å². The Morgan fingerprint density at radius 1 is 0.833 bits per heavy atom. The minimum absolute atomic E-state index is 0. The van der Waals surface area contributed by atoms with E-state index in [1.165, 1.54) is 89.0 Å². The molecule has 0 atom stereocenters. The third-order valence-electron chi connectivity index (χ3n) is 7.51. The Hall–Kier alpha value is -2.38. The molecule has 1 N–H and O–H groups in total. The van der Waals surface area contributed by atoms with Crippen LogP contribution in [0.5, 0.6) is 11.5 Å². The summed E-state index contributed by atoms with van der Waals surface area (Å²) in [5.41, 5.74) is 4.92. The minimum Gasteiger partial charge on any atom is -1.00 e. The molecule has 1 aromatic heterocycles. The number of amides is 1. The second-order valence-corrected chi connectivity index (χ2v) is 11.8. The van der Waals surface area contributed by atoms with E-state index in [9.17, 15) is 4.79 Å². The zero-order valence-electron chi connectivity index (χ0n) is 25.8. The maximum atomic E-state index is 12.9. The number of hydrogen-bond donors (Lipinski definition) is 1. The summed E-state index contributed by atoms with van der Waals surface area (Å²) >= 11 is 1.68. The number of para-hydroxylation sites is 1. The van der Waals surface area contributed by atoms with Crippen molar-refractivity contribution in [3.05, 3.63) is 70.7 Å². The van der Waals surface area contributed by atoms with Gasteiger partial charge in [-0.2, -0.15) is 4.57 Å². The van der Waals surface area contributed by atoms with Crippen molar-refractivity contribution < 1.29 is 35.8 Å². The molecular weight excluding hydrogens is 608 g/mol. The van der Waals surface area contributed by atoms with Crippen LogP contribution in [0.1, 0.15) is 108 Å². The number of nitrogens with zero attached hydrogens (tertiary/aromatic N) is 1. The van der Waals surface area contributed by atoms with Crippen molar-refractivity contribution in [3.8, 4) is 11.5 Å². The molecule has 0 saturated heterocycles. The second-order valence-electron chi connectivity index (χ2n) is 11.0. The fourth-order valence-electron chi connectivity index (χ4n) is 5.13. The summed E-state index contributed by atoms with van der Waals surface area (Å²) < 4.78 is 13.9. The van der Waals surface area contributed by atoms with E-state index < -0.39 is 0 Å². The smallest absolute Gasteiger partial charge is 0.228 e. The molecule has 3 aromatic rings. The molecule has 232 valence electrons. The highest BCUT2D eigenvalue weighted by Gasteiger charge is 2.14. The van der Waals surface area contributed by atoms with Gasteiger partial charge in [0.2, 0.25) is 11.4 Å². The molecule has 1 amide bonds. The third-order valence-corrected chi connectivity index (χ3v) is 8.18. The van der Waals surface area contributed by atoms with Crippen LogP contribution in [-0.2, 0) is 17.8 Å². The number of unbranched alkanes of at least 4 members (excludes halogenated alkanes) is 13. The lowest BCUT2D eigenvalue weighted by Gasteiger charge is -2.15. The van der Waals surface area contributed by atoms with Crippen LogP contribution < -0.4 is 36.3 Å². The number of hydrogen-bond acceptors (Lipinski definition) is 4. The first-order chi connectivity index (χ1) is 20.2. The van der Waals surface area contributed by atoms with E-state index in [1.54, 1.807) is 18.4 Å². The van der Waals surface area contributed by atoms with Gasteiger partial charge in [0.15, 0.2) is 24.2 Å². The first-order valence-electron chi connectivity index (χ1n) is 15.8. The number of carbonyl (C=O) groups excluding carboxylic acids is 1. The summed E-state index contributed by atoms with van der Waals surface area (Å²) in [5.74, 6) is 1.29. The number of thiazole rings is 1. The SMILES string of the molecule is CCCCCCCCCCCCCCCCOc1c(CC(=O)Nc2ccc(C[n+]3ccsc3)cc2)cccc1OC.[Br-]. The normalized spacial score (nSPS) is 10.7. The van der Waals surface area contributed by atoms with Crippen LogP contribution in [0, 0.1) is 0 Å². The molecule has 1 heterocycles. The van der Waals surface area contributed by atoms with E-state index in [1.807, 2.05) is 30.3 Å². The number of aromatic nitrogens is 1. The van der Waals surface area contributed by atoms with Gasteiger partial charge in [-0.25, -0.2) is 0 Å². The van der Waals surface area contributed by atoms with E-state index in [2.05, 4.69) is 46.0 Å². The summed E-state index contributed by atoms with van der Waals surface area (Å²) in [6, 6.07) is 13.8. The van der Waals surface area contributed by atoms with E-state index in [0.29, 0.717) is 18.1 Å². The van der Waals surface area contributed by atoms with E-state index >= 15 is 0 Å². The third kappa shape index (κ3) is 14.2. The largest absolute Gasteiger partial charge is 1.00 e. The number of benzene rings is 2. The van der Waals surface area contributed by atoms with E-state index in [0.717, 1.165) is 24.2 Å². The van der Waals surface area contributed by atoms with Gasteiger partial charge < -0.3 is 31.8 Å². The Balaban J connectivity index is 0.00000616. The zero-order chi connectivity index (χ0) is 29.0. The molecule has 42 heavy (non-hydrogen) atoms. The lowest BCUT2D eigenvalue weighted by molar-refractivity contribution is -0.683. The number of nitrogens with one attached hydrogen (secondary N) is 1. The number of methoxy groups -OCH3 is 1. The van der Waals surface area contributed by atoms with Gasteiger partial charge in [-0.15, -0.1) is 0 Å². The Bertz CT molecular complexity index is 1110. The molecule has 7 heteroatoms. The Kier molecular flexibility index (Phi) is 18.9. The van der Waals surface area contributed by atoms with E-state index in [-0.39, 0.29) is 29.3 Å². The van der Waals surface area contributed by atoms with E-state index in [4.69, 9.17) is 9.47 Å². The molecule has 0 radical (unpaired) electrons. The van der Waals surface area contributed by atoms with Gasteiger partial charge in [-0.1, -0.05) is 126 Å². The van der Waals surface area contributed by atoms with Crippen molar-refractivity contribution in [2.45, 2.75) is 110 Å². The van der Waals surface area contributed by atoms with Crippen LogP contribution in [0.2, 0.25) is 0 Å². The standard InChI is InChI=1S/C35H50N2O3S.BrH/c1-3-4-5-6-7-8-9-10-11-12-13-14-15-16-25-40-35-31(18-17-19-33(35)39-2)27-34(38)36-32-22-20-30(21-23-32)28-37-24-26-41-29-37;/h17-24,26,29H,3-16,25,27-28H2,1-2H3;1H. The molecule has 0 unspecified atom stereocenters. The Morgan fingerprint density at radius 3 is 2.02 bits per heavy atom. The molecule has 0 aliphatic heterocycles. The number of rotatable bonds is 22. The zero-order valence-corrected chi connectivity index (χ0v) is 28.2. The van der Waals surface area contributed by atoms with Gasteiger partial charge in [0.25, 0.3) is 0 Å². The molecule has 2 aromatic carbocycles. The maximum absolute atomic E-state index is 12.9. The molecule has 0 saturated carbocycles. The van der Waals surface area contributed by atoms with Crippen molar-refractivity contribution in [3.63, 3.8) is 0 Å². The molecule has 0 aliphatic rings. The van der Waals surface area contributed by atoms with Crippen LogP contribution in [0.4, 0.5) is 5.69 Å². The van der Waals surface area contributed by atoms with Crippen molar-refractivity contribution in [1.29, 1.82) is 0 Å². The van der Waals surface area contributed by atoms with Crippen LogP contribution in [0.15, 0.2) is 59.6 Å². The van der Waals surface area contributed by atoms with Gasteiger partial charge in [-0.3, -0.25) is 4.79 Å². The van der Waals surface area contributed by atoms with Gasteiger partial charge >= 0.3 is 0 Å². The first-order valence-corrected chi connectivity index (χ1v) is 16.7. The summed E-state index contributed by atoms with van der Waals surface area (Å²) in [6.45, 7) is 3.74. The van der Waals surface area contributed by atoms with Crippen LogP contribution in [0.25, 0.3) is 0 Å². The van der Waals surface area contributed by atoms with Gasteiger partial charge in [0, 0.05) is 16.8 Å². The minimum atomic E-state index is -0.0699. The Labute approximate surface area is 268 Å². The number of ether oxygens (including phenoxy) is 2. The second kappa shape index (κ2) is 22.2. The molecule has 5 nitrogen and oxygen atoms in total. The highest BCUT2D eigenvalue weighted by molar-refractivity contribution is 7.07. The fourth-order valence-corrected chi connectivity index (χ4v) is 5.73. The highest BCUT2D eigenvalue weighted by Crippen LogP contribution is 2.32. The quantitative estimate of drug-likeness (QED) is 0.104. The average Bonchev–Trinajstić information content (AvgIpc) is 3.49. The fraction of sp³-hybridized carbons (Fsp3) is 0.543. The number of halogens is 1. The summed E-state index contributed by atoms with van der Waals surface area (Å²) in [4.78, 5) is 12.9. The Morgan fingerprint density at radius 2 is 1.45 bits per heavy atom. The topological polar surface area (TPSA) is 51.4 Å².